The zero-order valence-corrected chi connectivity index (χ0v) is 23.1. The number of carboxylic acid groups (broad SMARTS) is 1. The Bertz CT molecular complexity index is 1470. The highest BCUT2D eigenvalue weighted by molar-refractivity contribution is 5.82. The standard InChI is InChI=1S/C32H36N4O4/c1-4-20(2)28(31(37)38)33-17-18-34-29(30-35-26-15-9-10-16-27(26)36(30)3)32(39)40-19-25-23-13-7-5-11-21(23)22-12-6-8-14-24(22)25/h5-16,20,25,28-29,33-34H,4,17-19H2,1-3H3,(H,37,38)/t20-,28-,29?/m0/s1. The summed E-state index contributed by atoms with van der Waals surface area (Å²) in [4.78, 5) is 30.2. The maximum atomic E-state index is 13.7. The zero-order valence-electron chi connectivity index (χ0n) is 23.1. The van der Waals surface area contributed by atoms with Gasteiger partial charge in [0.15, 0.2) is 6.04 Å². The van der Waals surface area contributed by atoms with Gasteiger partial charge in [0, 0.05) is 26.1 Å². The molecule has 1 unspecified atom stereocenters. The lowest BCUT2D eigenvalue weighted by Crippen LogP contribution is -2.45. The number of fused-ring (bicyclic) bond motifs is 4. The summed E-state index contributed by atoms with van der Waals surface area (Å²) in [6.07, 6.45) is 0.750. The SMILES string of the molecule is CC[C@H](C)[C@H](NCCNC(C(=O)OCC1c2ccccc2-c2ccccc21)c1nc2ccccc2n1C)C(=O)O. The summed E-state index contributed by atoms with van der Waals surface area (Å²) in [7, 11) is 1.89. The van der Waals surface area contributed by atoms with Gasteiger partial charge in [-0.25, -0.2) is 9.78 Å². The predicted octanol–water partition coefficient (Wildman–Crippen LogP) is 4.65. The molecule has 8 heteroatoms. The first-order chi connectivity index (χ1) is 19.4. The lowest BCUT2D eigenvalue weighted by Gasteiger charge is -2.22. The molecule has 3 N–H and O–H groups in total. The Labute approximate surface area is 234 Å². The minimum absolute atomic E-state index is 0.0183. The molecule has 0 amide bonds. The molecule has 8 nitrogen and oxygen atoms in total. The van der Waals surface area contributed by atoms with Crippen LogP contribution in [-0.2, 0) is 21.4 Å². The molecule has 5 rings (SSSR count). The van der Waals surface area contributed by atoms with Gasteiger partial charge < -0.3 is 19.7 Å². The van der Waals surface area contributed by atoms with Gasteiger partial charge in [-0.05, 0) is 40.3 Å². The van der Waals surface area contributed by atoms with E-state index in [2.05, 4.69) is 34.9 Å². The van der Waals surface area contributed by atoms with E-state index < -0.39 is 24.0 Å². The zero-order chi connectivity index (χ0) is 28.2. The first kappa shape index (κ1) is 27.6. The average Bonchev–Trinajstić information content (AvgIpc) is 3.47. The highest BCUT2D eigenvalue weighted by Crippen LogP contribution is 2.44. The maximum Gasteiger partial charge on any atom is 0.331 e. The molecule has 0 aliphatic heterocycles. The van der Waals surface area contributed by atoms with Crippen molar-refractivity contribution in [1.82, 2.24) is 20.2 Å². The number of ether oxygens (including phenoxy) is 1. The molecule has 0 radical (unpaired) electrons. The number of hydrogen-bond acceptors (Lipinski definition) is 6. The van der Waals surface area contributed by atoms with Gasteiger partial charge in [-0.3, -0.25) is 10.1 Å². The Morgan fingerprint density at radius 2 is 1.55 bits per heavy atom. The molecule has 0 bridgehead atoms. The van der Waals surface area contributed by atoms with E-state index in [1.54, 1.807) is 0 Å². The molecular weight excluding hydrogens is 504 g/mol. The molecule has 1 aliphatic rings. The minimum atomic E-state index is -0.877. The molecular formula is C32H36N4O4. The number of imidazole rings is 1. The summed E-state index contributed by atoms with van der Waals surface area (Å²) in [6, 6.07) is 22.7. The third kappa shape index (κ3) is 5.37. The Morgan fingerprint density at radius 1 is 0.950 bits per heavy atom. The molecule has 1 aromatic heterocycles. The van der Waals surface area contributed by atoms with E-state index in [9.17, 15) is 14.7 Å². The average molecular weight is 541 g/mol. The van der Waals surface area contributed by atoms with Crippen LogP contribution in [0, 0.1) is 5.92 Å². The second kappa shape index (κ2) is 12.0. The Hall–Kier alpha value is -4.01. The maximum absolute atomic E-state index is 13.7. The molecule has 3 aromatic carbocycles. The first-order valence-electron chi connectivity index (χ1n) is 13.9. The number of aliphatic carboxylic acids is 1. The van der Waals surface area contributed by atoms with Crippen molar-refractivity contribution in [3.05, 3.63) is 89.7 Å². The highest BCUT2D eigenvalue weighted by Gasteiger charge is 2.32. The van der Waals surface area contributed by atoms with Crippen molar-refractivity contribution in [3.8, 4) is 11.1 Å². The number of esters is 1. The molecule has 0 spiro atoms. The van der Waals surface area contributed by atoms with E-state index in [1.807, 2.05) is 74.0 Å². The number of aromatic nitrogens is 2. The van der Waals surface area contributed by atoms with Crippen LogP contribution in [0.15, 0.2) is 72.8 Å². The van der Waals surface area contributed by atoms with Crippen LogP contribution in [0.5, 0.6) is 0 Å². The predicted molar refractivity (Wildman–Crippen MR) is 155 cm³/mol. The van der Waals surface area contributed by atoms with Gasteiger partial charge >= 0.3 is 11.9 Å². The third-order valence-electron chi connectivity index (χ3n) is 7.99. The van der Waals surface area contributed by atoms with E-state index >= 15 is 0 Å². The molecule has 0 fully saturated rings. The summed E-state index contributed by atoms with van der Waals surface area (Å²) in [6.45, 7) is 4.83. The van der Waals surface area contributed by atoms with Gasteiger partial charge in [0.1, 0.15) is 18.5 Å². The van der Waals surface area contributed by atoms with Gasteiger partial charge in [-0.2, -0.15) is 0 Å². The molecule has 208 valence electrons. The summed E-state index contributed by atoms with van der Waals surface area (Å²) in [5.41, 5.74) is 6.35. The Kier molecular flexibility index (Phi) is 8.28. The fraction of sp³-hybridized carbons (Fsp3) is 0.344. The van der Waals surface area contributed by atoms with Gasteiger partial charge in [0.05, 0.1) is 11.0 Å². The van der Waals surface area contributed by atoms with Gasteiger partial charge in [-0.1, -0.05) is 80.9 Å². The van der Waals surface area contributed by atoms with E-state index in [1.165, 1.54) is 11.1 Å². The van der Waals surface area contributed by atoms with Crippen molar-refractivity contribution in [3.63, 3.8) is 0 Å². The number of benzene rings is 3. The van der Waals surface area contributed by atoms with Crippen LogP contribution in [0.4, 0.5) is 0 Å². The number of carbonyl (C=O) groups is 2. The van der Waals surface area contributed by atoms with Gasteiger partial charge in [0.25, 0.3) is 0 Å². The Balaban J connectivity index is 1.34. The van der Waals surface area contributed by atoms with Crippen LogP contribution in [0.1, 0.15) is 49.2 Å². The number of nitrogens with one attached hydrogen (secondary N) is 2. The van der Waals surface area contributed by atoms with Gasteiger partial charge in [-0.15, -0.1) is 0 Å². The molecule has 1 heterocycles. The van der Waals surface area contributed by atoms with Crippen LogP contribution >= 0.6 is 0 Å². The monoisotopic (exact) mass is 540 g/mol. The van der Waals surface area contributed by atoms with Crippen LogP contribution < -0.4 is 10.6 Å². The highest BCUT2D eigenvalue weighted by atomic mass is 16.5. The molecule has 4 aromatic rings. The number of hydrogen-bond donors (Lipinski definition) is 3. The second-order valence-corrected chi connectivity index (χ2v) is 10.4. The van der Waals surface area contributed by atoms with Crippen molar-refractivity contribution in [1.29, 1.82) is 0 Å². The number of carbonyl (C=O) groups excluding carboxylic acids is 1. The smallest absolute Gasteiger partial charge is 0.331 e. The lowest BCUT2D eigenvalue weighted by atomic mass is 9.98. The lowest BCUT2D eigenvalue weighted by molar-refractivity contribution is -0.147. The summed E-state index contributed by atoms with van der Waals surface area (Å²) >= 11 is 0. The number of aryl methyl sites for hydroxylation is 1. The number of carboxylic acids is 1. The van der Waals surface area contributed by atoms with Crippen LogP contribution in [0.3, 0.4) is 0 Å². The van der Waals surface area contributed by atoms with Crippen molar-refractivity contribution < 1.29 is 19.4 Å². The summed E-state index contributed by atoms with van der Waals surface area (Å²) in [5.74, 6) is -0.814. The Morgan fingerprint density at radius 3 is 2.17 bits per heavy atom. The van der Waals surface area contributed by atoms with Crippen LogP contribution in [-0.4, -0.2) is 52.3 Å². The number of para-hydroxylation sites is 2. The second-order valence-electron chi connectivity index (χ2n) is 10.4. The first-order valence-corrected chi connectivity index (χ1v) is 13.9. The largest absolute Gasteiger partial charge is 0.480 e. The van der Waals surface area contributed by atoms with E-state index in [0.717, 1.165) is 28.6 Å². The van der Waals surface area contributed by atoms with E-state index in [-0.39, 0.29) is 18.4 Å². The van der Waals surface area contributed by atoms with Crippen molar-refractivity contribution >= 4 is 23.0 Å². The van der Waals surface area contributed by atoms with E-state index in [4.69, 9.17) is 9.72 Å². The van der Waals surface area contributed by atoms with Crippen LogP contribution in [0.25, 0.3) is 22.2 Å². The molecule has 0 saturated heterocycles. The fourth-order valence-corrected chi connectivity index (χ4v) is 5.60. The van der Waals surface area contributed by atoms with Crippen molar-refractivity contribution in [2.24, 2.45) is 13.0 Å². The fourth-order valence-electron chi connectivity index (χ4n) is 5.60. The minimum Gasteiger partial charge on any atom is -0.480 e. The van der Waals surface area contributed by atoms with E-state index in [0.29, 0.717) is 18.9 Å². The molecule has 0 saturated carbocycles. The third-order valence-corrected chi connectivity index (χ3v) is 7.99. The van der Waals surface area contributed by atoms with Crippen molar-refractivity contribution in [2.45, 2.75) is 38.3 Å². The summed E-state index contributed by atoms with van der Waals surface area (Å²) < 4.78 is 7.91. The number of rotatable bonds is 12. The topological polar surface area (TPSA) is 105 Å². The molecule has 40 heavy (non-hydrogen) atoms. The quantitative estimate of drug-likeness (QED) is 0.177. The molecule has 3 atom stereocenters. The van der Waals surface area contributed by atoms with Gasteiger partial charge in [0.2, 0.25) is 0 Å². The normalized spacial score (nSPS) is 14.9. The number of nitrogens with zero attached hydrogens (tertiary/aromatic N) is 2. The summed E-state index contributed by atoms with van der Waals surface area (Å²) in [5, 5.41) is 16.0. The van der Waals surface area contributed by atoms with Crippen molar-refractivity contribution in [2.75, 3.05) is 19.7 Å². The van der Waals surface area contributed by atoms with Crippen LogP contribution in [0.2, 0.25) is 0 Å². The molecule has 1 aliphatic carbocycles.